The molecule has 0 spiro atoms. The van der Waals surface area contributed by atoms with E-state index >= 15 is 0 Å². The van der Waals surface area contributed by atoms with Crippen LogP contribution >= 0.6 is 0 Å². The lowest BCUT2D eigenvalue weighted by atomic mass is 10.2. The molecule has 0 fully saturated rings. The molecule has 2 N–H and O–H groups in total. The monoisotopic (exact) mass is 146 g/mol. The number of benzene rings is 1. The Morgan fingerprint density at radius 1 is 1.27 bits per heavy atom. The Hall–Kier alpha value is -1.28. The Morgan fingerprint density at radius 2 is 2.09 bits per heavy atom. The summed E-state index contributed by atoms with van der Waals surface area (Å²) in [5.41, 5.74) is 1.79. The predicted octanol–water partition coefficient (Wildman–Crippen LogP) is 2.05. The molecule has 2 rings (SSSR count). The van der Waals surface area contributed by atoms with Crippen molar-refractivity contribution in [1.29, 1.82) is 0 Å². The molecule has 2 aromatic rings. The van der Waals surface area contributed by atoms with Crippen molar-refractivity contribution in [3.05, 3.63) is 42.6 Å². The van der Waals surface area contributed by atoms with Gasteiger partial charge in [-0.3, -0.25) is 0 Å². The van der Waals surface area contributed by atoms with Crippen molar-refractivity contribution in [3.8, 4) is 0 Å². The third kappa shape index (κ3) is 1.01. The second-order valence-electron chi connectivity index (χ2n) is 2.44. The number of hydrogen-bond donors (Lipinski definition) is 2. The number of hydrogen-bond acceptors (Lipinski definition) is 1. The van der Waals surface area contributed by atoms with Crippen molar-refractivity contribution in [2.45, 2.75) is 0 Å². The maximum Gasteiger partial charge on any atom is 0.125 e. The van der Waals surface area contributed by atoms with E-state index < -0.39 is 0 Å². The fraction of sp³-hybridized carbons (Fsp3) is 0. The van der Waals surface area contributed by atoms with Gasteiger partial charge < -0.3 is 10.1 Å². The molecule has 0 atom stereocenters. The van der Waals surface area contributed by atoms with Gasteiger partial charge in [-0.25, -0.2) is 0 Å². The highest BCUT2D eigenvalue weighted by atomic mass is 16.3. The number of aliphatic hydroxyl groups is 1. The molecule has 0 aliphatic carbocycles. The van der Waals surface area contributed by atoms with Gasteiger partial charge >= 0.3 is 0 Å². The van der Waals surface area contributed by atoms with Crippen LogP contribution in [0.4, 0.5) is 0 Å². The molecular weight excluding hydrogens is 138 g/mol. The van der Waals surface area contributed by atoms with Gasteiger partial charge in [-0.1, -0.05) is 18.2 Å². The topological polar surface area (TPSA) is 36.0 Å². The lowest BCUT2D eigenvalue weighted by Gasteiger charge is -1.84. The number of aromatic nitrogens is 1. The minimum atomic E-state index is 0.742. The van der Waals surface area contributed by atoms with Crippen molar-refractivity contribution in [2.24, 2.45) is 0 Å². The number of rotatable bonds is 1. The molecule has 0 saturated carbocycles. The fourth-order valence-corrected chi connectivity index (χ4v) is 1.17. The quantitative estimate of drug-likeness (QED) is 0.634. The molecule has 1 heterocycles. The largest absolute Gasteiger partial charge is 0.384 e. The Labute approximate surface area is 64.5 Å². The van der Waals surface area contributed by atoms with Gasteiger partial charge in [0.25, 0.3) is 0 Å². The first kappa shape index (κ1) is 6.43. The van der Waals surface area contributed by atoms with E-state index in [1.165, 1.54) is 0 Å². The minimum Gasteiger partial charge on any atom is -0.384 e. The molecule has 2 nitrogen and oxygen atoms in total. The Balaban J connectivity index is 2.69. The zero-order valence-corrected chi connectivity index (χ0v) is 5.91. The zero-order valence-electron chi connectivity index (χ0n) is 5.91. The predicted molar refractivity (Wildman–Crippen MR) is 43.6 cm³/mol. The summed E-state index contributed by atoms with van der Waals surface area (Å²) in [6, 6.07) is 9.80. The Kier molecular flexibility index (Phi) is 1.40. The molecule has 0 unspecified atom stereocenters. The number of fused-ring (bicyclic) bond motifs is 1. The normalized spacial score (nSPS) is 10.6. The molecule has 0 saturated heterocycles. The van der Waals surface area contributed by atoms with E-state index in [0.717, 1.165) is 23.2 Å². The lowest BCUT2D eigenvalue weighted by Crippen LogP contribution is -1.75. The van der Waals surface area contributed by atoms with Gasteiger partial charge in [0, 0.05) is 11.2 Å². The number of aromatic amines is 1. The molecule has 0 aliphatic heterocycles. The first-order chi connectivity index (χ1) is 5.40. The number of H-pyrrole nitrogens is 1. The van der Waals surface area contributed by atoms with Gasteiger partial charge in [-0.05, 0) is 17.5 Å². The molecule has 0 bridgehead atoms. The van der Waals surface area contributed by atoms with Gasteiger partial charge in [0.05, 0.1) is 0 Å². The summed E-state index contributed by atoms with van der Waals surface area (Å²) in [5, 5.41) is 9.80. The van der Waals surface area contributed by atoms with Crippen molar-refractivity contribution >= 4 is 10.9 Å². The lowest BCUT2D eigenvalue weighted by molar-refractivity contribution is 0.411. The molecule has 0 aliphatic rings. The SMILES string of the molecule is O[CH]c1cc2ccccc2[nH]1. The van der Waals surface area contributed by atoms with E-state index in [1.807, 2.05) is 30.3 Å². The highest BCUT2D eigenvalue weighted by molar-refractivity contribution is 5.80. The highest BCUT2D eigenvalue weighted by Crippen LogP contribution is 2.14. The van der Waals surface area contributed by atoms with E-state index in [4.69, 9.17) is 5.11 Å². The molecule has 11 heavy (non-hydrogen) atoms. The van der Waals surface area contributed by atoms with Gasteiger partial charge in [0.1, 0.15) is 6.61 Å². The second kappa shape index (κ2) is 2.40. The van der Waals surface area contributed by atoms with Crippen LogP contribution in [0.3, 0.4) is 0 Å². The van der Waals surface area contributed by atoms with E-state index in [1.54, 1.807) is 0 Å². The highest BCUT2D eigenvalue weighted by Gasteiger charge is 1.96. The smallest absolute Gasteiger partial charge is 0.125 e. The number of para-hydroxylation sites is 1. The molecule has 0 amide bonds. The van der Waals surface area contributed by atoms with E-state index in [0.29, 0.717) is 0 Å². The average molecular weight is 146 g/mol. The number of nitrogens with one attached hydrogen (secondary N) is 1. The van der Waals surface area contributed by atoms with Crippen LogP contribution in [-0.4, -0.2) is 10.1 Å². The summed E-state index contributed by atoms with van der Waals surface area (Å²) in [4.78, 5) is 3.04. The van der Waals surface area contributed by atoms with Crippen LogP contribution in [0, 0.1) is 6.61 Å². The molecule has 55 valence electrons. The maximum absolute atomic E-state index is 8.68. The molecule has 1 radical (unpaired) electrons. The standard InChI is InChI=1S/C9H8NO/c11-6-8-5-7-3-1-2-4-9(7)10-8/h1-6,10-11H. The third-order valence-electron chi connectivity index (χ3n) is 1.69. The molecule has 2 heteroatoms. The third-order valence-corrected chi connectivity index (χ3v) is 1.69. The zero-order chi connectivity index (χ0) is 7.68. The molecule has 1 aromatic heterocycles. The van der Waals surface area contributed by atoms with E-state index in [-0.39, 0.29) is 0 Å². The van der Waals surface area contributed by atoms with Gasteiger partial charge in [-0.15, -0.1) is 0 Å². The van der Waals surface area contributed by atoms with Crippen molar-refractivity contribution in [1.82, 2.24) is 4.98 Å². The van der Waals surface area contributed by atoms with Crippen LogP contribution < -0.4 is 0 Å². The summed E-state index contributed by atoms with van der Waals surface area (Å²) in [7, 11) is 0. The summed E-state index contributed by atoms with van der Waals surface area (Å²) in [6.45, 7) is 1.07. The minimum absolute atomic E-state index is 0.742. The van der Waals surface area contributed by atoms with E-state index in [9.17, 15) is 0 Å². The average Bonchev–Trinajstić information content (AvgIpc) is 2.46. The van der Waals surface area contributed by atoms with Gasteiger partial charge in [0.2, 0.25) is 0 Å². The Bertz CT molecular complexity index is 331. The van der Waals surface area contributed by atoms with Crippen molar-refractivity contribution < 1.29 is 5.11 Å². The summed E-state index contributed by atoms with van der Waals surface area (Å²) < 4.78 is 0. The van der Waals surface area contributed by atoms with Crippen LogP contribution in [0.25, 0.3) is 10.9 Å². The van der Waals surface area contributed by atoms with Crippen molar-refractivity contribution in [3.63, 3.8) is 0 Å². The van der Waals surface area contributed by atoms with Crippen LogP contribution in [0.2, 0.25) is 0 Å². The number of aliphatic hydroxyl groups excluding tert-OH is 1. The summed E-state index contributed by atoms with van der Waals surface area (Å²) >= 11 is 0. The van der Waals surface area contributed by atoms with Crippen LogP contribution in [-0.2, 0) is 0 Å². The molecule has 1 aromatic carbocycles. The summed E-state index contributed by atoms with van der Waals surface area (Å²) in [6.07, 6.45) is 0. The van der Waals surface area contributed by atoms with Crippen LogP contribution in [0.1, 0.15) is 5.69 Å². The summed E-state index contributed by atoms with van der Waals surface area (Å²) in [5.74, 6) is 0. The first-order valence-corrected chi connectivity index (χ1v) is 3.45. The van der Waals surface area contributed by atoms with Gasteiger partial charge in [-0.2, -0.15) is 0 Å². The van der Waals surface area contributed by atoms with Gasteiger partial charge in [0.15, 0.2) is 0 Å². The second-order valence-corrected chi connectivity index (χ2v) is 2.44. The molecular formula is C9H8NO. The van der Waals surface area contributed by atoms with Crippen molar-refractivity contribution in [2.75, 3.05) is 0 Å². The van der Waals surface area contributed by atoms with Crippen LogP contribution in [0.5, 0.6) is 0 Å². The maximum atomic E-state index is 8.68. The first-order valence-electron chi connectivity index (χ1n) is 3.45. The van der Waals surface area contributed by atoms with E-state index in [2.05, 4.69) is 4.98 Å². The fourth-order valence-electron chi connectivity index (χ4n) is 1.17. The van der Waals surface area contributed by atoms with Crippen LogP contribution in [0.15, 0.2) is 30.3 Å². The Morgan fingerprint density at radius 3 is 2.82 bits per heavy atom.